The van der Waals surface area contributed by atoms with Crippen LogP contribution in [-0.2, 0) is 14.3 Å². The van der Waals surface area contributed by atoms with Gasteiger partial charge in [-0.3, -0.25) is 14.5 Å². The van der Waals surface area contributed by atoms with E-state index in [-0.39, 0.29) is 25.0 Å². The third-order valence-corrected chi connectivity index (χ3v) is 3.43. The number of amides is 1. The van der Waals surface area contributed by atoms with Crippen LogP contribution in [0.2, 0.25) is 0 Å². The molecule has 1 saturated carbocycles. The largest absolute Gasteiger partial charge is 0.495 e. The molecule has 0 aliphatic heterocycles. The highest BCUT2D eigenvalue weighted by Crippen LogP contribution is 2.27. The fourth-order valence-electron chi connectivity index (χ4n) is 2.25. The Morgan fingerprint density at radius 2 is 2.00 bits per heavy atom. The van der Waals surface area contributed by atoms with E-state index in [2.05, 4.69) is 5.32 Å². The Bertz CT molecular complexity index is 529. The van der Waals surface area contributed by atoms with Crippen molar-refractivity contribution < 1.29 is 19.1 Å². The zero-order chi connectivity index (χ0) is 15.9. The van der Waals surface area contributed by atoms with Crippen LogP contribution in [0.4, 0.5) is 5.69 Å². The van der Waals surface area contributed by atoms with Crippen LogP contribution in [0, 0.1) is 0 Å². The minimum atomic E-state index is -0.292. The summed E-state index contributed by atoms with van der Waals surface area (Å²) < 4.78 is 10.2. The number of hydrogen-bond donors (Lipinski definition) is 1. The van der Waals surface area contributed by atoms with Gasteiger partial charge in [-0.15, -0.1) is 0 Å². The minimum Gasteiger partial charge on any atom is -0.495 e. The minimum absolute atomic E-state index is 0.151. The quantitative estimate of drug-likeness (QED) is 0.740. The van der Waals surface area contributed by atoms with Crippen LogP contribution >= 0.6 is 0 Å². The summed E-state index contributed by atoms with van der Waals surface area (Å²) in [5.74, 6) is 0.152. The predicted molar refractivity (Wildman–Crippen MR) is 82.9 cm³/mol. The Balaban J connectivity index is 1.92. The average Bonchev–Trinajstić information content (AvgIpc) is 3.32. The van der Waals surface area contributed by atoms with Crippen molar-refractivity contribution in [2.45, 2.75) is 25.8 Å². The lowest BCUT2D eigenvalue weighted by atomic mass is 10.3. The van der Waals surface area contributed by atoms with Gasteiger partial charge in [-0.05, 0) is 31.9 Å². The first kappa shape index (κ1) is 16.3. The number of esters is 1. The highest BCUT2D eigenvalue weighted by molar-refractivity contribution is 5.94. The van der Waals surface area contributed by atoms with Gasteiger partial charge < -0.3 is 14.8 Å². The summed E-state index contributed by atoms with van der Waals surface area (Å²) >= 11 is 0. The van der Waals surface area contributed by atoms with Gasteiger partial charge in [-0.25, -0.2) is 0 Å². The van der Waals surface area contributed by atoms with Crippen LogP contribution in [0.15, 0.2) is 24.3 Å². The van der Waals surface area contributed by atoms with Crippen molar-refractivity contribution in [2.75, 3.05) is 32.1 Å². The molecule has 0 aromatic heterocycles. The first-order valence-corrected chi connectivity index (χ1v) is 7.46. The van der Waals surface area contributed by atoms with Crippen LogP contribution in [0.5, 0.6) is 5.75 Å². The van der Waals surface area contributed by atoms with Crippen molar-refractivity contribution in [3.8, 4) is 5.75 Å². The third-order valence-electron chi connectivity index (χ3n) is 3.43. The fraction of sp³-hybridized carbons (Fsp3) is 0.500. The maximum Gasteiger partial charge on any atom is 0.320 e. The Labute approximate surface area is 130 Å². The number of methoxy groups -OCH3 is 1. The molecule has 6 nitrogen and oxygen atoms in total. The van der Waals surface area contributed by atoms with Gasteiger partial charge in [0.15, 0.2) is 0 Å². The van der Waals surface area contributed by atoms with Crippen molar-refractivity contribution in [2.24, 2.45) is 0 Å². The molecule has 0 atom stereocenters. The van der Waals surface area contributed by atoms with Crippen molar-refractivity contribution in [3.05, 3.63) is 24.3 Å². The topological polar surface area (TPSA) is 67.9 Å². The summed E-state index contributed by atoms with van der Waals surface area (Å²) in [5, 5.41) is 2.82. The molecule has 2 rings (SSSR count). The number of carbonyl (C=O) groups excluding carboxylic acids is 2. The van der Waals surface area contributed by atoms with Crippen molar-refractivity contribution in [1.82, 2.24) is 4.90 Å². The molecular formula is C16H22N2O4. The molecule has 1 aromatic carbocycles. The Kier molecular flexibility index (Phi) is 5.77. The van der Waals surface area contributed by atoms with E-state index < -0.39 is 0 Å². The first-order chi connectivity index (χ1) is 10.6. The normalized spacial score (nSPS) is 13.8. The number of carbonyl (C=O) groups is 2. The van der Waals surface area contributed by atoms with Crippen LogP contribution < -0.4 is 10.1 Å². The summed E-state index contributed by atoms with van der Waals surface area (Å²) in [4.78, 5) is 25.7. The molecule has 0 unspecified atom stereocenters. The monoisotopic (exact) mass is 306 g/mol. The van der Waals surface area contributed by atoms with Gasteiger partial charge in [0, 0.05) is 6.04 Å². The SMILES string of the molecule is CCOC(=O)CN(CC(=O)Nc1ccccc1OC)C1CC1. The molecular weight excluding hydrogens is 284 g/mol. The Morgan fingerprint density at radius 1 is 1.27 bits per heavy atom. The average molecular weight is 306 g/mol. The van der Waals surface area contributed by atoms with Gasteiger partial charge >= 0.3 is 5.97 Å². The second kappa shape index (κ2) is 7.79. The lowest BCUT2D eigenvalue weighted by Crippen LogP contribution is -2.39. The second-order valence-corrected chi connectivity index (χ2v) is 5.19. The summed E-state index contributed by atoms with van der Waals surface area (Å²) in [6.45, 7) is 2.44. The number of ether oxygens (including phenoxy) is 2. The van der Waals surface area contributed by atoms with Crippen LogP contribution in [0.25, 0.3) is 0 Å². The van der Waals surface area contributed by atoms with Crippen LogP contribution in [-0.4, -0.2) is 49.6 Å². The molecule has 0 bridgehead atoms. The van der Waals surface area contributed by atoms with E-state index in [1.165, 1.54) is 0 Å². The van der Waals surface area contributed by atoms with Crippen LogP contribution in [0.1, 0.15) is 19.8 Å². The zero-order valence-corrected chi connectivity index (χ0v) is 13.0. The maximum absolute atomic E-state index is 12.2. The predicted octanol–water partition coefficient (Wildman–Crippen LogP) is 1.66. The highest BCUT2D eigenvalue weighted by Gasteiger charge is 2.32. The molecule has 1 amide bonds. The van der Waals surface area contributed by atoms with E-state index in [9.17, 15) is 9.59 Å². The third kappa shape index (κ3) is 4.73. The summed E-state index contributed by atoms with van der Waals surface area (Å²) in [6, 6.07) is 7.53. The Hall–Kier alpha value is -2.08. The Morgan fingerprint density at radius 3 is 2.64 bits per heavy atom. The first-order valence-electron chi connectivity index (χ1n) is 7.46. The van der Waals surface area contributed by atoms with Crippen molar-refractivity contribution >= 4 is 17.6 Å². The molecule has 0 saturated heterocycles. The van der Waals surface area contributed by atoms with E-state index >= 15 is 0 Å². The number of para-hydroxylation sites is 2. The molecule has 0 radical (unpaired) electrons. The van der Waals surface area contributed by atoms with Gasteiger partial charge in [0.25, 0.3) is 0 Å². The molecule has 1 N–H and O–H groups in total. The summed E-state index contributed by atoms with van der Waals surface area (Å²) in [5.41, 5.74) is 0.627. The van der Waals surface area contributed by atoms with Crippen molar-refractivity contribution in [1.29, 1.82) is 0 Å². The zero-order valence-electron chi connectivity index (χ0n) is 13.0. The van der Waals surface area contributed by atoms with Gasteiger partial charge in [-0.2, -0.15) is 0 Å². The summed E-state index contributed by atoms with van der Waals surface area (Å²) in [7, 11) is 1.56. The highest BCUT2D eigenvalue weighted by atomic mass is 16.5. The maximum atomic E-state index is 12.2. The van der Waals surface area contributed by atoms with Crippen LogP contribution in [0.3, 0.4) is 0 Å². The van der Waals surface area contributed by atoms with Gasteiger partial charge in [-0.1, -0.05) is 12.1 Å². The number of nitrogens with zero attached hydrogens (tertiary/aromatic N) is 1. The number of benzene rings is 1. The number of hydrogen-bond acceptors (Lipinski definition) is 5. The molecule has 22 heavy (non-hydrogen) atoms. The van der Waals surface area contributed by atoms with E-state index in [0.29, 0.717) is 24.1 Å². The fourth-order valence-corrected chi connectivity index (χ4v) is 2.25. The van der Waals surface area contributed by atoms with E-state index in [0.717, 1.165) is 12.8 Å². The van der Waals surface area contributed by atoms with Gasteiger partial charge in [0.2, 0.25) is 5.91 Å². The van der Waals surface area contributed by atoms with E-state index in [4.69, 9.17) is 9.47 Å². The molecule has 1 aliphatic carbocycles. The lowest BCUT2D eigenvalue weighted by Gasteiger charge is -2.20. The number of nitrogens with one attached hydrogen (secondary N) is 1. The van der Waals surface area contributed by atoms with E-state index in [1.54, 1.807) is 26.2 Å². The molecule has 1 aliphatic rings. The van der Waals surface area contributed by atoms with E-state index in [1.807, 2.05) is 17.0 Å². The molecule has 120 valence electrons. The van der Waals surface area contributed by atoms with Crippen molar-refractivity contribution in [3.63, 3.8) is 0 Å². The molecule has 0 heterocycles. The second-order valence-electron chi connectivity index (χ2n) is 5.19. The molecule has 1 aromatic rings. The molecule has 0 spiro atoms. The molecule has 1 fully saturated rings. The lowest BCUT2D eigenvalue weighted by molar-refractivity contribution is -0.144. The standard InChI is InChI=1S/C16H22N2O4/c1-3-22-16(20)11-18(12-8-9-12)10-15(19)17-13-6-4-5-7-14(13)21-2/h4-7,12H,3,8-11H2,1-2H3,(H,17,19). The summed E-state index contributed by atoms with van der Waals surface area (Å²) in [6.07, 6.45) is 2.03. The number of rotatable bonds is 8. The smallest absolute Gasteiger partial charge is 0.320 e. The number of anilines is 1. The van der Waals surface area contributed by atoms with Gasteiger partial charge in [0.05, 0.1) is 32.5 Å². The molecule has 6 heteroatoms. The van der Waals surface area contributed by atoms with Gasteiger partial charge in [0.1, 0.15) is 5.75 Å².